The number of nitrogens with zero attached hydrogens (tertiary/aromatic N) is 4. The predicted molar refractivity (Wildman–Crippen MR) is 70.9 cm³/mol. The molecule has 1 aliphatic rings. The average Bonchev–Trinajstić information content (AvgIpc) is 2.87. The van der Waals surface area contributed by atoms with E-state index < -0.39 is 0 Å². The monoisotopic (exact) mass is 267 g/mol. The summed E-state index contributed by atoms with van der Waals surface area (Å²) in [4.78, 5) is 13.8. The van der Waals surface area contributed by atoms with Gasteiger partial charge in [0.25, 0.3) is 0 Å². The highest BCUT2D eigenvalue weighted by Gasteiger charge is 2.26. The maximum atomic E-state index is 12.1. The van der Waals surface area contributed by atoms with Crippen molar-refractivity contribution in [3.63, 3.8) is 0 Å². The van der Waals surface area contributed by atoms with Crippen molar-refractivity contribution in [1.29, 1.82) is 0 Å². The molecular formula is C12H21N5O2. The molecule has 2 N–H and O–H groups in total. The van der Waals surface area contributed by atoms with Gasteiger partial charge >= 0.3 is 6.03 Å². The van der Waals surface area contributed by atoms with Crippen molar-refractivity contribution in [3.8, 4) is 0 Å². The van der Waals surface area contributed by atoms with Crippen LogP contribution in [0.3, 0.4) is 0 Å². The van der Waals surface area contributed by atoms with Crippen LogP contribution in [0.1, 0.15) is 39.2 Å². The average molecular weight is 267 g/mol. The highest BCUT2D eigenvalue weighted by molar-refractivity contribution is 5.88. The van der Waals surface area contributed by atoms with Crippen LogP contribution in [0.15, 0.2) is 6.20 Å². The van der Waals surface area contributed by atoms with Crippen LogP contribution in [0, 0.1) is 0 Å². The van der Waals surface area contributed by atoms with Crippen molar-refractivity contribution in [2.24, 2.45) is 0 Å². The summed E-state index contributed by atoms with van der Waals surface area (Å²) in [6.45, 7) is 4.67. The lowest BCUT2D eigenvalue weighted by Gasteiger charge is -2.34. The molecule has 19 heavy (non-hydrogen) atoms. The first-order chi connectivity index (χ1) is 9.11. The summed E-state index contributed by atoms with van der Waals surface area (Å²) in [5.74, 6) is 0.445. The van der Waals surface area contributed by atoms with Gasteiger partial charge in [-0.2, -0.15) is 0 Å². The summed E-state index contributed by atoms with van der Waals surface area (Å²) in [7, 11) is 0. The number of nitrogens with one attached hydrogen (secondary N) is 1. The van der Waals surface area contributed by atoms with Crippen molar-refractivity contribution in [2.45, 2.75) is 45.2 Å². The van der Waals surface area contributed by atoms with Crippen molar-refractivity contribution in [2.75, 3.05) is 18.5 Å². The summed E-state index contributed by atoms with van der Waals surface area (Å²) in [6, 6.07) is -0.0956. The third kappa shape index (κ3) is 3.23. The minimum Gasteiger partial charge on any atom is -0.394 e. The molecule has 0 aromatic carbocycles. The third-order valence-electron chi connectivity index (χ3n) is 3.37. The normalized spacial score (nSPS) is 19.8. The zero-order chi connectivity index (χ0) is 13.8. The number of carbonyl (C=O) groups excluding carboxylic acids is 1. The number of aliphatic hydroxyl groups excluding tert-OH is 1. The molecule has 1 atom stereocenters. The van der Waals surface area contributed by atoms with E-state index in [-0.39, 0.29) is 24.7 Å². The van der Waals surface area contributed by atoms with E-state index >= 15 is 0 Å². The highest BCUT2D eigenvalue weighted by atomic mass is 16.3. The molecule has 1 aliphatic heterocycles. The van der Waals surface area contributed by atoms with Gasteiger partial charge in [-0.1, -0.05) is 5.21 Å². The Morgan fingerprint density at radius 1 is 1.58 bits per heavy atom. The zero-order valence-corrected chi connectivity index (χ0v) is 11.4. The fourth-order valence-corrected chi connectivity index (χ4v) is 2.23. The van der Waals surface area contributed by atoms with Gasteiger partial charge in [0.15, 0.2) is 5.82 Å². The van der Waals surface area contributed by atoms with E-state index in [9.17, 15) is 9.90 Å². The van der Waals surface area contributed by atoms with Crippen LogP contribution in [-0.4, -0.2) is 50.2 Å². The zero-order valence-electron chi connectivity index (χ0n) is 11.4. The number of rotatable bonds is 3. The van der Waals surface area contributed by atoms with Crippen molar-refractivity contribution >= 4 is 11.8 Å². The van der Waals surface area contributed by atoms with Gasteiger partial charge in [0.05, 0.1) is 18.8 Å². The van der Waals surface area contributed by atoms with Crippen molar-refractivity contribution < 1.29 is 9.90 Å². The Labute approximate surface area is 112 Å². The van der Waals surface area contributed by atoms with E-state index in [1.54, 1.807) is 15.8 Å². The molecule has 1 fully saturated rings. The molecule has 1 aromatic heterocycles. The molecule has 1 aromatic rings. The molecular weight excluding hydrogens is 246 g/mol. The second kappa shape index (κ2) is 6.01. The molecule has 1 saturated heterocycles. The second-order valence-corrected chi connectivity index (χ2v) is 5.13. The fraction of sp³-hybridized carbons (Fsp3) is 0.750. The summed E-state index contributed by atoms with van der Waals surface area (Å²) in [6.07, 6.45) is 4.59. The molecule has 0 bridgehead atoms. The molecule has 0 aliphatic carbocycles. The highest BCUT2D eigenvalue weighted by Crippen LogP contribution is 2.18. The number of aliphatic hydroxyl groups is 1. The first kappa shape index (κ1) is 13.8. The number of hydrogen-bond donors (Lipinski definition) is 2. The maximum absolute atomic E-state index is 12.1. The van der Waals surface area contributed by atoms with Gasteiger partial charge in [-0.05, 0) is 33.1 Å². The Morgan fingerprint density at radius 2 is 2.37 bits per heavy atom. The molecule has 2 rings (SSSR count). The fourth-order valence-electron chi connectivity index (χ4n) is 2.23. The van der Waals surface area contributed by atoms with Gasteiger partial charge in [0, 0.05) is 12.6 Å². The number of hydrogen-bond acceptors (Lipinski definition) is 4. The van der Waals surface area contributed by atoms with Gasteiger partial charge in [0.2, 0.25) is 0 Å². The lowest BCUT2D eigenvalue weighted by Crippen LogP contribution is -2.47. The molecule has 2 heterocycles. The predicted octanol–water partition coefficient (Wildman–Crippen LogP) is 1.24. The van der Waals surface area contributed by atoms with E-state index in [4.69, 9.17) is 0 Å². The van der Waals surface area contributed by atoms with Crippen LogP contribution in [0.4, 0.5) is 10.6 Å². The molecule has 0 unspecified atom stereocenters. The van der Waals surface area contributed by atoms with Gasteiger partial charge in [-0.15, -0.1) is 5.10 Å². The summed E-state index contributed by atoms with van der Waals surface area (Å²) in [5, 5.41) is 19.9. The molecule has 2 amide bonds. The topological polar surface area (TPSA) is 83.3 Å². The summed E-state index contributed by atoms with van der Waals surface area (Å²) >= 11 is 0. The molecule has 7 nitrogen and oxygen atoms in total. The van der Waals surface area contributed by atoms with E-state index in [0.29, 0.717) is 12.4 Å². The quantitative estimate of drug-likeness (QED) is 0.863. The van der Waals surface area contributed by atoms with Gasteiger partial charge < -0.3 is 10.0 Å². The molecule has 106 valence electrons. The summed E-state index contributed by atoms with van der Waals surface area (Å²) in [5.41, 5.74) is 0. The first-order valence-corrected chi connectivity index (χ1v) is 6.72. The number of amides is 2. The van der Waals surface area contributed by atoms with E-state index in [1.807, 2.05) is 13.8 Å². The number of piperidine rings is 1. The number of carbonyl (C=O) groups is 1. The Morgan fingerprint density at radius 3 is 3.00 bits per heavy atom. The maximum Gasteiger partial charge on any atom is 0.323 e. The van der Waals surface area contributed by atoms with Crippen LogP contribution in [0.5, 0.6) is 0 Å². The van der Waals surface area contributed by atoms with Gasteiger partial charge in [-0.3, -0.25) is 5.32 Å². The third-order valence-corrected chi connectivity index (χ3v) is 3.37. The Kier molecular flexibility index (Phi) is 4.36. The minimum atomic E-state index is -0.213. The Bertz CT molecular complexity index is 432. The van der Waals surface area contributed by atoms with E-state index in [0.717, 1.165) is 19.3 Å². The molecule has 7 heteroatoms. The summed E-state index contributed by atoms with van der Waals surface area (Å²) < 4.78 is 1.69. The van der Waals surface area contributed by atoms with Gasteiger partial charge in [-0.25, -0.2) is 9.48 Å². The molecule has 0 saturated carbocycles. The largest absolute Gasteiger partial charge is 0.394 e. The van der Waals surface area contributed by atoms with E-state index in [2.05, 4.69) is 15.6 Å². The minimum absolute atomic E-state index is 0.00606. The van der Waals surface area contributed by atoms with Crippen LogP contribution < -0.4 is 5.32 Å². The Hall–Kier alpha value is -1.63. The number of urea groups is 1. The van der Waals surface area contributed by atoms with Crippen LogP contribution in [0.2, 0.25) is 0 Å². The standard InChI is InChI=1S/C12H21N5O2/c1-9(2)17-7-11(14-15-17)13-12(19)16-6-4-3-5-10(16)8-18/h7,9-10,18H,3-6,8H2,1-2H3,(H,13,19)/t10-/m0/s1. The van der Waals surface area contributed by atoms with Crippen molar-refractivity contribution in [1.82, 2.24) is 19.9 Å². The lowest BCUT2D eigenvalue weighted by molar-refractivity contribution is 0.115. The molecule has 0 spiro atoms. The van der Waals surface area contributed by atoms with E-state index in [1.165, 1.54) is 0 Å². The van der Waals surface area contributed by atoms with Crippen LogP contribution in [0.25, 0.3) is 0 Å². The lowest BCUT2D eigenvalue weighted by atomic mass is 10.0. The first-order valence-electron chi connectivity index (χ1n) is 6.72. The Balaban J connectivity index is 1.99. The second-order valence-electron chi connectivity index (χ2n) is 5.13. The van der Waals surface area contributed by atoms with Crippen LogP contribution in [-0.2, 0) is 0 Å². The number of anilines is 1. The molecule has 0 radical (unpaired) electrons. The van der Waals surface area contributed by atoms with Gasteiger partial charge in [0.1, 0.15) is 0 Å². The smallest absolute Gasteiger partial charge is 0.323 e. The SMILES string of the molecule is CC(C)n1cc(NC(=O)N2CCCC[C@H]2CO)nn1. The number of likely N-dealkylation sites (tertiary alicyclic amines) is 1. The van der Waals surface area contributed by atoms with Crippen LogP contribution >= 0.6 is 0 Å². The number of aromatic nitrogens is 3. The van der Waals surface area contributed by atoms with Crippen molar-refractivity contribution in [3.05, 3.63) is 6.20 Å².